The highest BCUT2D eigenvalue weighted by atomic mass is 33.1. The fourth-order valence-corrected chi connectivity index (χ4v) is 8.45. The normalized spacial score (nSPS) is 39.6. The number of benzene rings is 1. The van der Waals surface area contributed by atoms with Gasteiger partial charge in [0, 0.05) is 19.0 Å². The van der Waals surface area contributed by atoms with Gasteiger partial charge in [-0.3, -0.25) is 19.0 Å². The van der Waals surface area contributed by atoms with Crippen molar-refractivity contribution >= 4 is 50.4 Å². The van der Waals surface area contributed by atoms with Crippen LogP contribution in [0.3, 0.4) is 0 Å². The number of anilines is 1. The van der Waals surface area contributed by atoms with Crippen LogP contribution < -0.4 is 4.31 Å². The van der Waals surface area contributed by atoms with Crippen LogP contribution in [0.25, 0.3) is 0 Å². The maximum Gasteiger partial charge on any atom is 0.263 e. The zero-order valence-corrected chi connectivity index (χ0v) is 15.2. The molecule has 5 aliphatic heterocycles. The highest BCUT2D eigenvalue weighted by molar-refractivity contribution is 8.78. The van der Waals surface area contributed by atoms with Gasteiger partial charge in [-0.2, -0.15) is 0 Å². The van der Waals surface area contributed by atoms with Crippen LogP contribution in [0.4, 0.5) is 10.1 Å². The average Bonchev–Trinajstić information content (AvgIpc) is 2.98. The predicted molar refractivity (Wildman–Crippen MR) is 92.2 cm³/mol. The van der Waals surface area contributed by atoms with Crippen LogP contribution in [-0.4, -0.2) is 53.8 Å². The number of piperazine rings is 1. The molecule has 5 aliphatic rings. The molecular weight excluding hydrogens is 389 g/mol. The van der Waals surface area contributed by atoms with Gasteiger partial charge in [-0.05, 0) is 6.07 Å². The number of hydrogen-bond donors (Lipinski definition) is 1. The average molecular weight is 401 g/mol. The number of alkyl halides is 1. The summed E-state index contributed by atoms with van der Waals surface area (Å²) in [7, 11) is 3.94. The summed E-state index contributed by atoms with van der Waals surface area (Å²) in [5.41, 5.74) is -1.57. The Hall–Kier alpha value is -1.30. The van der Waals surface area contributed by atoms with Gasteiger partial charge in [0.25, 0.3) is 23.1 Å². The minimum Gasteiger partial charge on any atom is -0.322 e. The molecule has 6 rings (SSSR count). The first-order chi connectivity index (χ1) is 11.8. The third-order valence-corrected chi connectivity index (χ3v) is 9.23. The molecule has 5 heterocycles. The number of likely N-dealkylation sites (N-methyl/N-ethyl adjacent to an activating group) is 1. The molecule has 1 aromatic carbocycles. The summed E-state index contributed by atoms with van der Waals surface area (Å²) in [6.45, 7) is 0. The number of amides is 2. The first-order valence-corrected chi connectivity index (χ1v) is 10.7. The van der Waals surface area contributed by atoms with Crippen molar-refractivity contribution in [1.82, 2.24) is 9.80 Å². The molecule has 1 spiro atoms. The van der Waals surface area contributed by atoms with E-state index in [1.807, 2.05) is 0 Å². The van der Waals surface area contributed by atoms with Crippen molar-refractivity contribution in [2.75, 3.05) is 11.4 Å². The summed E-state index contributed by atoms with van der Waals surface area (Å²) in [5.74, 6) is -0.743. The van der Waals surface area contributed by atoms with Crippen LogP contribution in [0.2, 0.25) is 0 Å². The maximum atomic E-state index is 16.3. The Morgan fingerprint density at radius 1 is 1.36 bits per heavy atom. The van der Waals surface area contributed by atoms with E-state index in [1.165, 1.54) is 38.4 Å². The number of rotatable bonds is 1. The quantitative estimate of drug-likeness (QED) is 0.564. The molecule has 1 aromatic rings. The molecule has 0 aromatic heterocycles. The van der Waals surface area contributed by atoms with Crippen molar-refractivity contribution in [2.24, 2.45) is 0 Å². The van der Waals surface area contributed by atoms with Crippen molar-refractivity contribution < 1.29 is 22.7 Å². The Morgan fingerprint density at radius 2 is 2.08 bits per heavy atom. The Bertz CT molecular complexity index is 871. The Morgan fingerprint density at radius 3 is 2.80 bits per heavy atom. The van der Waals surface area contributed by atoms with Gasteiger partial charge in [-0.25, -0.2) is 12.9 Å². The van der Waals surface area contributed by atoms with Crippen LogP contribution in [0, 0.1) is 0 Å². The second-order valence-corrected chi connectivity index (χ2v) is 9.84. The summed E-state index contributed by atoms with van der Waals surface area (Å²) in [4.78, 5) is 27.0. The van der Waals surface area contributed by atoms with Crippen LogP contribution in [0.5, 0.6) is 0 Å². The van der Waals surface area contributed by atoms with Crippen molar-refractivity contribution in [3.8, 4) is 0 Å². The van der Waals surface area contributed by atoms with E-state index >= 15 is 4.39 Å². The van der Waals surface area contributed by atoms with E-state index < -0.39 is 39.3 Å². The number of halogens is 1. The van der Waals surface area contributed by atoms with Crippen LogP contribution in [0.15, 0.2) is 24.3 Å². The molecule has 11 heteroatoms. The molecule has 0 saturated carbocycles. The van der Waals surface area contributed by atoms with E-state index in [4.69, 9.17) is 0 Å². The summed E-state index contributed by atoms with van der Waals surface area (Å²) >= 11 is -2.54. The van der Waals surface area contributed by atoms with Gasteiger partial charge in [0.2, 0.25) is 0 Å². The molecule has 1 N–H and O–H groups in total. The minimum absolute atomic E-state index is 0.239. The van der Waals surface area contributed by atoms with Gasteiger partial charge < -0.3 is 4.90 Å². The van der Waals surface area contributed by atoms with Gasteiger partial charge in [0.15, 0.2) is 22.1 Å². The third kappa shape index (κ3) is 1.61. The zero-order valence-electron chi connectivity index (χ0n) is 12.8. The molecule has 0 radical (unpaired) electrons. The minimum atomic E-state index is -2.54. The standard InChI is InChI=1S/C14H12FN3O4S3/c1-16-10-9(19)17-11-13(15,6-14(17,12(16)20)24-23-10)7-4-2-3-5-8(7)18(11)25(21)22/h2-5,10-11H,6H2,1H3,(H,21,22)/t10-,11-,13-,14-/m0/s1. The monoisotopic (exact) mass is 401 g/mol. The lowest BCUT2D eigenvalue weighted by Crippen LogP contribution is -2.71. The van der Waals surface area contributed by atoms with Crippen molar-refractivity contribution in [1.29, 1.82) is 0 Å². The lowest BCUT2D eigenvalue weighted by atomic mass is 9.92. The van der Waals surface area contributed by atoms with Gasteiger partial charge in [0.1, 0.15) is 0 Å². The van der Waals surface area contributed by atoms with Crippen molar-refractivity contribution in [3.05, 3.63) is 29.8 Å². The molecule has 2 bridgehead atoms. The summed E-state index contributed by atoms with van der Waals surface area (Å²) in [6, 6.07) is 6.39. The van der Waals surface area contributed by atoms with E-state index in [1.54, 1.807) is 24.3 Å². The van der Waals surface area contributed by atoms with Crippen molar-refractivity contribution in [3.63, 3.8) is 0 Å². The lowest BCUT2D eigenvalue weighted by molar-refractivity contribution is -0.158. The number of nitrogens with zero attached hydrogens (tertiary/aromatic N) is 3. The molecule has 2 amide bonds. The molecule has 4 fully saturated rings. The molecule has 132 valence electrons. The third-order valence-electron chi connectivity index (χ3n) is 5.25. The SMILES string of the molecule is CN1C(=O)[C@@]23C[C@]4(F)c5ccccc5N(S(=O)O)[C@@H]4N2C(=O)[C@@H]1SS3. The highest BCUT2D eigenvalue weighted by Crippen LogP contribution is 2.67. The lowest BCUT2D eigenvalue weighted by Gasteiger charge is -2.53. The van der Waals surface area contributed by atoms with Crippen LogP contribution in [0.1, 0.15) is 12.0 Å². The molecule has 1 unspecified atom stereocenters. The smallest absolute Gasteiger partial charge is 0.263 e. The molecule has 0 aliphatic carbocycles. The second kappa shape index (κ2) is 4.70. The van der Waals surface area contributed by atoms with E-state index in [2.05, 4.69) is 0 Å². The molecule has 7 nitrogen and oxygen atoms in total. The van der Waals surface area contributed by atoms with E-state index in [0.717, 1.165) is 4.31 Å². The first-order valence-electron chi connectivity index (χ1n) is 7.46. The summed E-state index contributed by atoms with van der Waals surface area (Å²) < 4.78 is 39.1. The van der Waals surface area contributed by atoms with Gasteiger partial charge in [-0.1, -0.05) is 39.8 Å². The molecule has 4 saturated heterocycles. The van der Waals surface area contributed by atoms with Gasteiger partial charge in [0.05, 0.1) is 5.69 Å². The fourth-order valence-electron chi connectivity index (χ4n) is 4.25. The number of carbonyl (C=O) groups excluding carboxylic acids is 2. The summed E-state index contributed by atoms with van der Waals surface area (Å²) in [6.07, 6.45) is -1.55. The first kappa shape index (κ1) is 15.9. The predicted octanol–water partition coefficient (Wildman–Crippen LogP) is 1.26. The van der Waals surface area contributed by atoms with Gasteiger partial charge >= 0.3 is 0 Å². The number of carbonyl (C=O) groups is 2. The number of hydrogen-bond acceptors (Lipinski definition) is 5. The topological polar surface area (TPSA) is 81.2 Å². The van der Waals surface area contributed by atoms with Crippen LogP contribution in [-0.2, 0) is 26.5 Å². The van der Waals surface area contributed by atoms with Crippen molar-refractivity contribution in [2.45, 2.75) is 28.5 Å². The Balaban J connectivity index is 1.77. The van der Waals surface area contributed by atoms with E-state index in [0.29, 0.717) is 0 Å². The number of para-hydroxylation sites is 1. The Labute approximate surface area is 152 Å². The highest BCUT2D eigenvalue weighted by Gasteiger charge is 2.77. The fraction of sp³-hybridized carbons (Fsp3) is 0.429. The molecule has 25 heavy (non-hydrogen) atoms. The number of fused-ring (bicyclic) bond motifs is 5. The Kier molecular flexibility index (Phi) is 2.99. The molecular formula is C14H12FN3O4S3. The molecule has 5 atom stereocenters. The summed E-state index contributed by atoms with van der Waals surface area (Å²) in [5, 5.41) is -0.751. The van der Waals surface area contributed by atoms with Gasteiger partial charge in [-0.15, -0.1) is 0 Å². The van der Waals surface area contributed by atoms with E-state index in [9.17, 15) is 18.4 Å². The largest absolute Gasteiger partial charge is 0.322 e. The van der Waals surface area contributed by atoms with Crippen LogP contribution >= 0.6 is 21.6 Å². The van der Waals surface area contributed by atoms with E-state index in [-0.39, 0.29) is 23.6 Å². The zero-order chi connectivity index (χ0) is 17.7. The second-order valence-electron chi connectivity index (χ2n) is 6.43. The maximum absolute atomic E-state index is 16.3.